The predicted molar refractivity (Wildman–Crippen MR) is 66.8 cm³/mol. The van der Waals surface area contributed by atoms with Gasteiger partial charge in [0.15, 0.2) is 9.83 Å². The molecule has 0 bridgehead atoms. The molecule has 0 amide bonds. The topological polar surface area (TPSA) is 91.0 Å². The van der Waals surface area contributed by atoms with Crippen LogP contribution in [0.15, 0.2) is 32.4 Å². The average Bonchev–Trinajstić information content (AvgIpc) is 2.60. The number of hydrogen-bond acceptors (Lipinski definition) is 6. The molecule has 2 heterocycles. The van der Waals surface area contributed by atoms with Crippen molar-refractivity contribution in [2.75, 3.05) is 11.5 Å². The zero-order chi connectivity index (χ0) is 11.5. The summed E-state index contributed by atoms with van der Waals surface area (Å²) < 4.78 is 6.05. The molecular weight excluding hydrogens is 292 g/mol. The van der Waals surface area contributed by atoms with Gasteiger partial charge >= 0.3 is 0 Å². The van der Waals surface area contributed by atoms with E-state index in [0.29, 0.717) is 27.2 Å². The Morgan fingerprint density at radius 3 is 2.50 bits per heavy atom. The smallest absolute Gasteiger partial charge is 0.191 e. The lowest BCUT2D eigenvalue weighted by molar-refractivity contribution is 0.506. The SMILES string of the molecule is Nc1cc(N)nc(SCc2ccc(Br)o2)n1. The van der Waals surface area contributed by atoms with Crippen LogP contribution in [0.3, 0.4) is 0 Å². The highest BCUT2D eigenvalue weighted by Gasteiger charge is 2.04. The number of anilines is 2. The summed E-state index contributed by atoms with van der Waals surface area (Å²) in [5.74, 6) is 2.21. The van der Waals surface area contributed by atoms with Crippen LogP contribution in [-0.2, 0) is 5.75 Å². The molecule has 0 aliphatic carbocycles. The van der Waals surface area contributed by atoms with Gasteiger partial charge in [0, 0.05) is 6.07 Å². The quantitative estimate of drug-likeness (QED) is 0.667. The van der Waals surface area contributed by atoms with Crippen LogP contribution < -0.4 is 11.5 Å². The number of nitrogens with zero attached hydrogens (tertiary/aromatic N) is 2. The Labute approximate surface area is 105 Å². The number of furan rings is 1. The summed E-state index contributed by atoms with van der Waals surface area (Å²) in [5, 5.41) is 0.546. The largest absolute Gasteiger partial charge is 0.453 e. The summed E-state index contributed by atoms with van der Waals surface area (Å²) in [4.78, 5) is 8.10. The lowest BCUT2D eigenvalue weighted by Crippen LogP contribution is -1.99. The Hall–Kier alpha value is -1.21. The Bertz CT molecular complexity index is 482. The monoisotopic (exact) mass is 300 g/mol. The van der Waals surface area contributed by atoms with E-state index in [4.69, 9.17) is 15.9 Å². The summed E-state index contributed by atoms with van der Waals surface area (Å²) >= 11 is 4.65. The van der Waals surface area contributed by atoms with Crippen LogP contribution in [0.5, 0.6) is 0 Å². The maximum atomic E-state index is 5.56. The van der Waals surface area contributed by atoms with Crippen LogP contribution in [0, 0.1) is 0 Å². The molecule has 0 saturated carbocycles. The molecule has 2 aromatic heterocycles. The third-order valence-electron chi connectivity index (χ3n) is 1.72. The Balaban J connectivity index is 2.04. The van der Waals surface area contributed by atoms with E-state index in [9.17, 15) is 0 Å². The second-order valence-electron chi connectivity index (χ2n) is 2.99. The van der Waals surface area contributed by atoms with Crippen LogP contribution in [0.25, 0.3) is 0 Å². The van der Waals surface area contributed by atoms with Crippen molar-refractivity contribution in [2.24, 2.45) is 0 Å². The number of hydrogen-bond donors (Lipinski definition) is 2. The van der Waals surface area contributed by atoms with Gasteiger partial charge in [0.1, 0.15) is 17.4 Å². The van der Waals surface area contributed by atoms with Crippen molar-refractivity contribution in [1.29, 1.82) is 0 Å². The van der Waals surface area contributed by atoms with E-state index < -0.39 is 0 Å². The van der Waals surface area contributed by atoms with Gasteiger partial charge in [0.2, 0.25) is 0 Å². The highest BCUT2D eigenvalue weighted by atomic mass is 79.9. The first kappa shape index (κ1) is 11.3. The van der Waals surface area contributed by atoms with Gasteiger partial charge in [-0.1, -0.05) is 11.8 Å². The summed E-state index contributed by atoms with van der Waals surface area (Å²) in [5.41, 5.74) is 11.1. The standard InChI is InChI=1S/C9H9BrN4OS/c10-6-2-1-5(15-6)4-16-9-13-7(11)3-8(12)14-9/h1-3H,4H2,(H4,11,12,13,14). The summed E-state index contributed by atoms with van der Waals surface area (Å²) in [6.07, 6.45) is 0. The van der Waals surface area contributed by atoms with Gasteiger partial charge in [0.25, 0.3) is 0 Å². The minimum Gasteiger partial charge on any atom is -0.453 e. The average molecular weight is 301 g/mol. The molecule has 0 aromatic carbocycles. The van der Waals surface area contributed by atoms with Gasteiger partial charge in [-0.3, -0.25) is 0 Å². The van der Waals surface area contributed by atoms with E-state index in [1.54, 1.807) is 0 Å². The van der Waals surface area contributed by atoms with E-state index in [1.165, 1.54) is 17.8 Å². The van der Waals surface area contributed by atoms with Crippen molar-refractivity contribution in [1.82, 2.24) is 9.97 Å². The van der Waals surface area contributed by atoms with Crippen molar-refractivity contribution in [2.45, 2.75) is 10.9 Å². The van der Waals surface area contributed by atoms with Crippen LogP contribution in [0.4, 0.5) is 11.6 Å². The van der Waals surface area contributed by atoms with Crippen LogP contribution >= 0.6 is 27.7 Å². The fourth-order valence-electron chi connectivity index (χ4n) is 1.09. The zero-order valence-electron chi connectivity index (χ0n) is 8.18. The summed E-state index contributed by atoms with van der Waals surface area (Å²) in [7, 11) is 0. The highest BCUT2D eigenvalue weighted by Crippen LogP contribution is 2.23. The molecule has 0 atom stereocenters. The summed E-state index contributed by atoms with van der Waals surface area (Å²) in [6.45, 7) is 0. The molecule has 5 nitrogen and oxygen atoms in total. The zero-order valence-corrected chi connectivity index (χ0v) is 10.6. The van der Waals surface area contributed by atoms with Crippen molar-refractivity contribution in [3.05, 3.63) is 28.6 Å². The minimum atomic E-state index is 0.371. The van der Waals surface area contributed by atoms with E-state index in [1.807, 2.05) is 12.1 Å². The lowest BCUT2D eigenvalue weighted by atomic mass is 10.5. The molecule has 16 heavy (non-hydrogen) atoms. The van der Waals surface area contributed by atoms with Crippen molar-refractivity contribution >= 4 is 39.3 Å². The highest BCUT2D eigenvalue weighted by molar-refractivity contribution is 9.10. The van der Waals surface area contributed by atoms with E-state index in [0.717, 1.165) is 5.76 Å². The van der Waals surface area contributed by atoms with Crippen LogP contribution in [-0.4, -0.2) is 9.97 Å². The van der Waals surface area contributed by atoms with Gasteiger partial charge in [-0.25, -0.2) is 9.97 Å². The van der Waals surface area contributed by atoms with E-state index in [2.05, 4.69) is 25.9 Å². The van der Waals surface area contributed by atoms with Crippen LogP contribution in [0.2, 0.25) is 0 Å². The Kier molecular flexibility index (Phi) is 3.35. The van der Waals surface area contributed by atoms with E-state index >= 15 is 0 Å². The fraction of sp³-hybridized carbons (Fsp3) is 0.111. The van der Waals surface area contributed by atoms with Crippen LogP contribution in [0.1, 0.15) is 5.76 Å². The first-order valence-electron chi connectivity index (χ1n) is 4.40. The molecule has 2 aromatic rings. The second-order valence-corrected chi connectivity index (χ2v) is 4.72. The van der Waals surface area contributed by atoms with Crippen molar-refractivity contribution in [3.63, 3.8) is 0 Å². The fourth-order valence-corrected chi connectivity index (χ4v) is 2.20. The molecule has 0 fully saturated rings. The molecule has 0 aliphatic heterocycles. The second kappa shape index (κ2) is 4.75. The third kappa shape index (κ3) is 2.89. The minimum absolute atomic E-state index is 0.371. The van der Waals surface area contributed by atoms with Gasteiger partial charge in [-0.05, 0) is 28.1 Å². The van der Waals surface area contributed by atoms with Gasteiger partial charge in [0.05, 0.1) is 5.75 Å². The first-order chi connectivity index (χ1) is 7.63. The molecule has 4 N–H and O–H groups in total. The normalized spacial score (nSPS) is 10.6. The maximum absolute atomic E-state index is 5.56. The number of nitrogen functional groups attached to an aromatic ring is 2. The molecule has 84 valence electrons. The van der Waals surface area contributed by atoms with Crippen molar-refractivity contribution < 1.29 is 4.42 Å². The molecule has 0 radical (unpaired) electrons. The molecule has 2 rings (SSSR count). The van der Waals surface area contributed by atoms with E-state index in [-0.39, 0.29) is 0 Å². The molecule has 7 heteroatoms. The Morgan fingerprint density at radius 2 is 1.94 bits per heavy atom. The predicted octanol–water partition coefficient (Wildman–Crippen LogP) is 2.29. The third-order valence-corrected chi connectivity index (χ3v) is 3.01. The maximum Gasteiger partial charge on any atom is 0.191 e. The van der Waals surface area contributed by atoms with Crippen molar-refractivity contribution in [3.8, 4) is 0 Å². The number of rotatable bonds is 3. The lowest BCUT2D eigenvalue weighted by Gasteiger charge is -2.00. The molecule has 0 spiro atoms. The molecule has 0 saturated heterocycles. The number of nitrogens with two attached hydrogens (primary N) is 2. The summed E-state index contributed by atoms with van der Waals surface area (Å²) in [6, 6.07) is 5.24. The number of halogens is 1. The number of thioether (sulfide) groups is 1. The Morgan fingerprint density at radius 1 is 1.25 bits per heavy atom. The van der Waals surface area contributed by atoms with Gasteiger partial charge in [-0.2, -0.15) is 0 Å². The first-order valence-corrected chi connectivity index (χ1v) is 6.18. The van der Waals surface area contributed by atoms with Gasteiger partial charge < -0.3 is 15.9 Å². The van der Waals surface area contributed by atoms with Gasteiger partial charge in [-0.15, -0.1) is 0 Å². The number of aromatic nitrogens is 2. The molecular formula is C9H9BrN4OS. The molecule has 0 aliphatic rings. The molecule has 0 unspecified atom stereocenters.